The van der Waals surface area contributed by atoms with E-state index in [2.05, 4.69) is 37.2 Å². The molecule has 0 spiro atoms. The van der Waals surface area contributed by atoms with Crippen LogP contribution >= 0.6 is 0 Å². The molecule has 1 N–H and O–H groups in total. The number of ether oxygens (including phenoxy) is 1. The summed E-state index contributed by atoms with van der Waals surface area (Å²) in [4.78, 5) is 14.7. The van der Waals surface area contributed by atoms with Crippen LogP contribution in [0.2, 0.25) is 0 Å². The summed E-state index contributed by atoms with van der Waals surface area (Å²) in [5, 5.41) is 3.07. The molecule has 3 rings (SSSR count). The number of carbonyl (C=O) groups excluding carboxylic acids is 1. The average Bonchev–Trinajstić information content (AvgIpc) is 2.79. The zero-order chi connectivity index (χ0) is 15.7. The van der Waals surface area contributed by atoms with E-state index in [1.807, 2.05) is 12.1 Å². The molecule has 0 radical (unpaired) electrons. The lowest BCUT2D eigenvalue weighted by Gasteiger charge is -2.17. The molecule has 2 aliphatic rings. The smallest absolute Gasteiger partial charge is 0.251 e. The number of carbonyl (C=O) groups is 1. The molecule has 0 bridgehead atoms. The lowest BCUT2D eigenvalue weighted by molar-refractivity contribution is 0.0951. The van der Waals surface area contributed by atoms with Crippen molar-refractivity contribution < 1.29 is 9.53 Å². The molecular weight excluding hydrogens is 276 g/mol. The molecule has 2 aliphatic heterocycles. The van der Waals surface area contributed by atoms with Gasteiger partial charge in [-0.2, -0.15) is 0 Å². The number of likely N-dealkylation sites (tertiary alicyclic amines) is 1. The second kappa shape index (κ2) is 6.29. The third-order valence-corrected chi connectivity index (χ3v) is 4.78. The van der Waals surface area contributed by atoms with Crippen LogP contribution in [-0.4, -0.2) is 44.1 Å². The fraction of sp³-hybridized carbons (Fsp3) is 0.611. The van der Waals surface area contributed by atoms with Crippen molar-refractivity contribution in [1.29, 1.82) is 0 Å². The van der Waals surface area contributed by atoms with E-state index in [1.165, 1.54) is 5.56 Å². The normalized spacial score (nSPS) is 24.6. The van der Waals surface area contributed by atoms with Crippen molar-refractivity contribution in [3.05, 3.63) is 29.3 Å². The second-order valence-corrected chi connectivity index (χ2v) is 7.08. The first-order chi connectivity index (χ1) is 10.5. The Labute approximate surface area is 132 Å². The highest BCUT2D eigenvalue weighted by atomic mass is 16.5. The molecule has 0 aromatic heterocycles. The van der Waals surface area contributed by atoms with Crippen molar-refractivity contribution >= 4 is 5.91 Å². The van der Waals surface area contributed by atoms with E-state index in [9.17, 15) is 4.79 Å². The van der Waals surface area contributed by atoms with Crippen LogP contribution in [0.25, 0.3) is 0 Å². The zero-order valence-electron chi connectivity index (χ0n) is 13.8. The molecule has 22 heavy (non-hydrogen) atoms. The maximum Gasteiger partial charge on any atom is 0.251 e. The molecule has 1 aromatic rings. The van der Waals surface area contributed by atoms with E-state index in [0.717, 1.165) is 37.4 Å². The van der Waals surface area contributed by atoms with Gasteiger partial charge in [0.25, 0.3) is 5.91 Å². The minimum atomic E-state index is 0.0429. The summed E-state index contributed by atoms with van der Waals surface area (Å²) in [5.41, 5.74) is 1.98. The lowest BCUT2D eigenvalue weighted by Crippen LogP contribution is -2.29. The van der Waals surface area contributed by atoms with Crippen LogP contribution in [0.15, 0.2) is 18.2 Å². The third-order valence-electron chi connectivity index (χ3n) is 4.78. The van der Waals surface area contributed by atoms with Crippen LogP contribution in [-0.2, 0) is 0 Å². The number of amides is 1. The number of benzene rings is 1. The van der Waals surface area contributed by atoms with Gasteiger partial charge >= 0.3 is 0 Å². The summed E-state index contributed by atoms with van der Waals surface area (Å²) in [6.07, 6.45) is 1.03. The SMILES string of the molecule is CC(C)CCOc1ccc2c(c1)C(=O)NC[C@H]1CN(C)C[C@H]21. The van der Waals surface area contributed by atoms with Gasteiger partial charge in [-0.3, -0.25) is 4.79 Å². The van der Waals surface area contributed by atoms with E-state index in [1.54, 1.807) is 0 Å². The van der Waals surface area contributed by atoms with E-state index >= 15 is 0 Å². The first-order valence-electron chi connectivity index (χ1n) is 8.28. The van der Waals surface area contributed by atoms with Gasteiger partial charge in [0.2, 0.25) is 0 Å². The molecular formula is C18H26N2O2. The number of fused-ring (bicyclic) bond motifs is 3. The van der Waals surface area contributed by atoms with Gasteiger partial charge in [0.15, 0.2) is 0 Å². The molecule has 120 valence electrons. The Balaban J connectivity index is 1.82. The molecule has 0 aliphatic carbocycles. The zero-order valence-corrected chi connectivity index (χ0v) is 13.8. The predicted octanol–water partition coefficient (Wildman–Crippen LogP) is 2.50. The summed E-state index contributed by atoms with van der Waals surface area (Å²) in [6, 6.07) is 6.04. The monoisotopic (exact) mass is 302 g/mol. The number of hydrogen-bond acceptors (Lipinski definition) is 3. The van der Waals surface area contributed by atoms with E-state index < -0.39 is 0 Å². The maximum absolute atomic E-state index is 12.4. The van der Waals surface area contributed by atoms with Crippen molar-refractivity contribution in [1.82, 2.24) is 10.2 Å². The molecule has 2 heterocycles. The predicted molar refractivity (Wildman–Crippen MR) is 87.5 cm³/mol. The van der Waals surface area contributed by atoms with Crippen LogP contribution in [0.3, 0.4) is 0 Å². The van der Waals surface area contributed by atoms with Crippen molar-refractivity contribution in [2.24, 2.45) is 11.8 Å². The average molecular weight is 302 g/mol. The number of likely N-dealkylation sites (N-methyl/N-ethyl adjacent to an activating group) is 1. The highest BCUT2D eigenvalue weighted by molar-refractivity contribution is 5.96. The Morgan fingerprint density at radius 3 is 2.95 bits per heavy atom. The van der Waals surface area contributed by atoms with Crippen LogP contribution in [0.5, 0.6) is 5.75 Å². The summed E-state index contributed by atoms with van der Waals surface area (Å²) in [6.45, 7) is 7.92. The first-order valence-corrected chi connectivity index (χ1v) is 8.28. The number of nitrogens with zero attached hydrogens (tertiary/aromatic N) is 1. The number of rotatable bonds is 4. The van der Waals surface area contributed by atoms with E-state index in [0.29, 0.717) is 24.4 Å². The molecule has 0 saturated carbocycles. The van der Waals surface area contributed by atoms with Crippen molar-refractivity contribution in [2.45, 2.75) is 26.2 Å². The van der Waals surface area contributed by atoms with Gasteiger partial charge in [0, 0.05) is 31.1 Å². The molecule has 1 fully saturated rings. The van der Waals surface area contributed by atoms with Crippen molar-refractivity contribution in [3.8, 4) is 5.75 Å². The summed E-state index contributed by atoms with van der Waals surface area (Å²) in [7, 11) is 2.15. The Morgan fingerprint density at radius 2 is 2.18 bits per heavy atom. The van der Waals surface area contributed by atoms with Crippen molar-refractivity contribution in [2.75, 3.05) is 33.3 Å². The molecule has 0 unspecified atom stereocenters. The van der Waals surface area contributed by atoms with Gasteiger partial charge in [-0.05, 0) is 43.0 Å². The Morgan fingerprint density at radius 1 is 1.36 bits per heavy atom. The minimum Gasteiger partial charge on any atom is -0.494 e. The maximum atomic E-state index is 12.4. The van der Waals surface area contributed by atoms with Crippen LogP contribution < -0.4 is 10.1 Å². The van der Waals surface area contributed by atoms with Gasteiger partial charge < -0.3 is 15.0 Å². The Kier molecular flexibility index (Phi) is 4.39. The van der Waals surface area contributed by atoms with E-state index in [-0.39, 0.29) is 5.91 Å². The Bertz CT molecular complexity index is 556. The fourth-order valence-electron chi connectivity index (χ4n) is 3.52. The molecule has 1 saturated heterocycles. The Hall–Kier alpha value is -1.55. The summed E-state index contributed by atoms with van der Waals surface area (Å²) >= 11 is 0. The molecule has 1 aromatic carbocycles. The third kappa shape index (κ3) is 3.12. The number of nitrogens with one attached hydrogen (secondary N) is 1. The first kappa shape index (κ1) is 15.3. The lowest BCUT2D eigenvalue weighted by atomic mass is 9.87. The van der Waals surface area contributed by atoms with Gasteiger partial charge in [0.05, 0.1) is 6.61 Å². The van der Waals surface area contributed by atoms with Gasteiger partial charge in [-0.1, -0.05) is 19.9 Å². The second-order valence-electron chi connectivity index (χ2n) is 7.08. The van der Waals surface area contributed by atoms with Crippen LogP contribution in [0.1, 0.15) is 42.1 Å². The van der Waals surface area contributed by atoms with E-state index in [4.69, 9.17) is 4.74 Å². The highest BCUT2D eigenvalue weighted by Gasteiger charge is 2.36. The quantitative estimate of drug-likeness (QED) is 0.929. The van der Waals surface area contributed by atoms with Gasteiger partial charge in [0.1, 0.15) is 5.75 Å². The molecule has 4 nitrogen and oxygen atoms in total. The minimum absolute atomic E-state index is 0.0429. The van der Waals surface area contributed by atoms with Gasteiger partial charge in [-0.15, -0.1) is 0 Å². The number of hydrogen-bond donors (Lipinski definition) is 1. The largest absolute Gasteiger partial charge is 0.494 e. The highest BCUT2D eigenvalue weighted by Crippen LogP contribution is 2.36. The fourth-order valence-corrected chi connectivity index (χ4v) is 3.52. The van der Waals surface area contributed by atoms with Crippen LogP contribution in [0.4, 0.5) is 0 Å². The molecule has 2 atom stereocenters. The standard InChI is InChI=1S/C18H26N2O2/c1-12(2)6-7-22-14-4-5-15-16(8-14)18(21)19-9-13-10-20(3)11-17(13)15/h4-5,8,12-13,17H,6-7,9-11H2,1-3H3,(H,19,21)/t13-,17-/m0/s1. The van der Waals surface area contributed by atoms with Gasteiger partial charge in [-0.25, -0.2) is 0 Å². The van der Waals surface area contributed by atoms with Crippen LogP contribution in [0, 0.1) is 11.8 Å². The molecule has 1 amide bonds. The summed E-state index contributed by atoms with van der Waals surface area (Å²) in [5.74, 6) is 2.44. The topological polar surface area (TPSA) is 41.6 Å². The molecule has 4 heteroatoms. The summed E-state index contributed by atoms with van der Waals surface area (Å²) < 4.78 is 5.81. The van der Waals surface area contributed by atoms with Crippen molar-refractivity contribution in [3.63, 3.8) is 0 Å².